The molecule has 0 aromatic rings. The molecular formula is C45H94N2O6P+. The number of phosphoric acid groups is 1. The molecule has 0 spiro atoms. The van der Waals surface area contributed by atoms with Crippen molar-refractivity contribution in [3.8, 4) is 0 Å². The summed E-state index contributed by atoms with van der Waals surface area (Å²) >= 11 is 0. The lowest BCUT2D eigenvalue weighted by atomic mass is 10.0. The average Bonchev–Trinajstić information content (AvgIpc) is 3.12. The lowest BCUT2D eigenvalue weighted by Crippen LogP contribution is -2.46. The van der Waals surface area contributed by atoms with Crippen LogP contribution in [0.2, 0.25) is 0 Å². The molecule has 0 aliphatic heterocycles. The molecule has 3 N–H and O–H groups in total. The lowest BCUT2D eigenvalue weighted by molar-refractivity contribution is -0.870. The van der Waals surface area contributed by atoms with Gasteiger partial charge in [-0.2, -0.15) is 0 Å². The van der Waals surface area contributed by atoms with Gasteiger partial charge < -0.3 is 19.8 Å². The number of hydrogen-bond acceptors (Lipinski definition) is 5. The summed E-state index contributed by atoms with van der Waals surface area (Å²) in [5.74, 6) is -0.229. The van der Waals surface area contributed by atoms with E-state index in [4.69, 9.17) is 9.05 Å². The number of quaternary nitrogens is 1. The maximum Gasteiger partial charge on any atom is 0.472 e. The molecular weight excluding hydrogens is 695 g/mol. The van der Waals surface area contributed by atoms with E-state index in [1.54, 1.807) is 6.92 Å². The van der Waals surface area contributed by atoms with Crippen molar-refractivity contribution in [3.05, 3.63) is 0 Å². The molecule has 0 bridgehead atoms. The summed E-state index contributed by atoms with van der Waals surface area (Å²) in [5, 5.41) is 13.5. The van der Waals surface area contributed by atoms with Gasteiger partial charge in [-0.3, -0.25) is 13.8 Å². The fraction of sp³-hybridized carbons (Fsp3) is 0.978. The molecule has 1 amide bonds. The number of carbonyl (C=O) groups is 1. The van der Waals surface area contributed by atoms with Crippen LogP contribution in [-0.2, 0) is 18.4 Å². The highest BCUT2D eigenvalue weighted by atomic mass is 31.2. The summed E-state index contributed by atoms with van der Waals surface area (Å²) in [7, 11) is 1.62. The number of unbranched alkanes of at least 4 members (excludes halogenated alkanes) is 31. The lowest BCUT2D eigenvalue weighted by Gasteiger charge is -2.26. The van der Waals surface area contributed by atoms with Crippen LogP contribution in [0.3, 0.4) is 0 Å². The third kappa shape index (κ3) is 39.7. The molecule has 3 unspecified atom stereocenters. The molecule has 0 aliphatic rings. The standard InChI is InChI=1S/C45H93N2O6P/c1-6-8-9-10-11-12-13-14-15-16-17-18-19-20-21-22-23-24-25-26-27-28-29-30-31-32-33-34-35-36-37-38-39-44(48)43(46-45(49)7-2)42-53-54(50,51)52-41-40-47(3,4)5/h43-44,48H,6-42H2,1-5H3,(H-,46,49,50,51)/p+1. The Balaban J connectivity index is 3.55. The van der Waals surface area contributed by atoms with Gasteiger partial charge in [0.1, 0.15) is 13.2 Å². The van der Waals surface area contributed by atoms with Crippen molar-refractivity contribution in [2.75, 3.05) is 40.9 Å². The summed E-state index contributed by atoms with van der Waals surface area (Å²) < 4.78 is 23.1. The predicted octanol–water partition coefficient (Wildman–Crippen LogP) is 13.0. The van der Waals surface area contributed by atoms with E-state index < -0.39 is 20.0 Å². The van der Waals surface area contributed by atoms with Gasteiger partial charge in [0, 0.05) is 6.42 Å². The third-order valence-corrected chi connectivity index (χ3v) is 11.9. The van der Waals surface area contributed by atoms with E-state index in [-0.39, 0.29) is 25.5 Å². The zero-order chi connectivity index (χ0) is 40.0. The molecule has 0 rings (SSSR count). The van der Waals surface area contributed by atoms with Crippen molar-refractivity contribution in [2.24, 2.45) is 0 Å². The first-order valence-corrected chi connectivity index (χ1v) is 24.9. The second-order valence-corrected chi connectivity index (χ2v) is 18.9. The Morgan fingerprint density at radius 1 is 0.556 bits per heavy atom. The molecule has 0 radical (unpaired) electrons. The Hall–Kier alpha value is -0.500. The van der Waals surface area contributed by atoms with Gasteiger partial charge in [-0.15, -0.1) is 0 Å². The molecule has 54 heavy (non-hydrogen) atoms. The average molecular weight is 790 g/mol. The van der Waals surface area contributed by atoms with Crippen molar-refractivity contribution in [2.45, 2.75) is 244 Å². The molecule has 0 saturated heterocycles. The Bertz CT molecular complexity index is 855. The van der Waals surface area contributed by atoms with Crippen LogP contribution in [0.5, 0.6) is 0 Å². The van der Waals surface area contributed by atoms with E-state index in [1.165, 1.54) is 186 Å². The SMILES string of the molecule is CCCCCCCCCCCCCCCCCCCCCCCCCCCCCCCCCCC(O)C(COP(=O)(O)OCC[N+](C)(C)C)NC(=O)CC. The number of amides is 1. The van der Waals surface area contributed by atoms with E-state index in [1.807, 2.05) is 21.1 Å². The van der Waals surface area contributed by atoms with Crippen LogP contribution in [0.4, 0.5) is 0 Å². The van der Waals surface area contributed by atoms with Crippen molar-refractivity contribution >= 4 is 13.7 Å². The number of hydrogen-bond donors (Lipinski definition) is 3. The first kappa shape index (κ1) is 53.5. The molecule has 0 aromatic heterocycles. The third-order valence-electron chi connectivity index (χ3n) is 10.9. The normalized spacial score (nSPS) is 14.3. The molecule has 0 fully saturated rings. The number of phosphoric ester groups is 1. The summed E-state index contributed by atoms with van der Waals surface area (Å²) in [6.45, 7) is 4.38. The fourth-order valence-electron chi connectivity index (χ4n) is 7.13. The Morgan fingerprint density at radius 3 is 1.17 bits per heavy atom. The highest BCUT2D eigenvalue weighted by Gasteiger charge is 2.28. The van der Waals surface area contributed by atoms with Crippen LogP contribution in [-0.4, -0.2) is 73.4 Å². The predicted molar refractivity (Wildman–Crippen MR) is 231 cm³/mol. The van der Waals surface area contributed by atoms with Gasteiger partial charge in [0.15, 0.2) is 0 Å². The largest absolute Gasteiger partial charge is 0.472 e. The van der Waals surface area contributed by atoms with Gasteiger partial charge in [-0.1, -0.05) is 219 Å². The van der Waals surface area contributed by atoms with Gasteiger partial charge in [0.05, 0.1) is 39.9 Å². The number of nitrogens with zero attached hydrogens (tertiary/aromatic N) is 1. The summed E-state index contributed by atoms with van der Waals surface area (Å²) in [5.41, 5.74) is 0. The summed E-state index contributed by atoms with van der Waals surface area (Å²) in [6.07, 6.45) is 44.0. The first-order chi connectivity index (χ1) is 26.0. The van der Waals surface area contributed by atoms with Crippen molar-refractivity contribution in [1.82, 2.24) is 5.32 Å². The topological polar surface area (TPSA) is 105 Å². The molecule has 0 saturated carbocycles. The Morgan fingerprint density at radius 2 is 0.870 bits per heavy atom. The fourth-order valence-corrected chi connectivity index (χ4v) is 7.87. The Labute approximate surface area is 336 Å². The van der Waals surface area contributed by atoms with Crippen LogP contribution in [0.25, 0.3) is 0 Å². The molecule has 0 heterocycles. The number of rotatable bonds is 43. The van der Waals surface area contributed by atoms with Gasteiger partial charge in [0.2, 0.25) is 5.91 Å². The summed E-state index contributed by atoms with van der Waals surface area (Å²) in [6, 6.07) is -0.752. The molecule has 8 nitrogen and oxygen atoms in total. The van der Waals surface area contributed by atoms with Gasteiger partial charge >= 0.3 is 7.82 Å². The first-order valence-electron chi connectivity index (χ1n) is 23.4. The second-order valence-electron chi connectivity index (χ2n) is 17.5. The van der Waals surface area contributed by atoms with Crippen molar-refractivity contribution in [3.63, 3.8) is 0 Å². The summed E-state index contributed by atoms with van der Waals surface area (Å²) in [4.78, 5) is 22.1. The number of aliphatic hydroxyl groups is 1. The number of aliphatic hydroxyl groups excluding tert-OH is 1. The molecule has 0 aromatic carbocycles. The highest BCUT2D eigenvalue weighted by molar-refractivity contribution is 7.47. The van der Waals surface area contributed by atoms with Crippen molar-refractivity contribution in [1.29, 1.82) is 0 Å². The number of likely N-dealkylation sites (N-methyl/N-ethyl adjacent to an activating group) is 1. The van der Waals surface area contributed by atoms with Crippen LogP contribution < -0.4 is 5.32 Å². The van der Waals surface area contributed by atoms with Gasteiger partial charge in [-0.05, 0) is 6.42 Å². The number of carbonyl (C=O) groups excluding carboxylic acids is 1. The van der Waals surface area contributed by atoms with E-state index in [2.05, 4.69) is 12.2 Å². The van der Waals surface area contributed by atoms with E-state index in [0.717, 1.165) is 19.3 Å². The van der Waals surface area contributed by atoms with Gasteiger partial charge in [0.25, 0.3) is 0 Å². The monoisotopic (exact) mass is 790 g/mol. The molecule has 0 aliphatic carbocycles. The zero-order valence-electron chi connectivity index (χ0n) is 36.7. The minimum absolute atomic E-state index is 0.0749. The van der Waals surface area contributed by atoms with E-state index in [9.17, 15) is 19.4 Å². The smallest absolute Gasteiger partial charge is 0.391 e. The van der Waals surface area contributed by atoms with Crippen LogP contribution >= 0.6 is 7.82 Å². The van der Waals surface area contributed by atoms with Crippen LogP contribution in [0.1, 0.15) is 232 Å². The molecule has 324 valence electrons. The van der Waals surface area contributed by atoms with Crippen molar-refractivity contribution < 1.29 is 32.9 Å². The highest BCUT2D eigenvalue weighted by Crippen LogP contribution is 2.43. The molecule has 9 heteroatoms. The van der Waals surface area contributed by atoms with E-state index in [0.29, 0.717) is 17.4 Å². The van der Waals surface area contributed by atoms with Gasteiger partial charge in [-0.25, -0.2) is 4.57 Å². The number of nitrogens with one attached hydrogen (secondary N) is 1. The maximum absolute atomic E-state index is 12.3. The minimum atomic E-state index is -4.27. The van der Waals surface area contributed by atoms with E-state index >= 15 is 0 Å². The minimum Gasteiger partial charge on any atom is -0.391 e. The second kappa shape index (κ2) is 38.0. The van der Waals surface area contributed by atoms with Crippen LogP contribution in [0, 0.1) is 0 Å². The quantitative estimate of drug-likeness (QED) is 0.0323. The van der Waals surface area contributed by atoms with Crippen LogP contribution in [0.15, 0.2) is 0 Å². The Kier molecular flexibility index (Phi) is 37.7. The maximum atomic E-state index is 12.3. The molecule has 3 atom stereocenters. The zero-order valence-corrected chi connectivity index (χ0v) is 37.6.